The first-order valence-electron chi connectivity index (χ1n) is 5.74. The van der Waals surface area contributed by atoms with Crippen LogP contribution in [-0.2, 0) is 4.79 Å². The van der Waals surface area contributed by atoms with Gasteiger partial charge < -0.3 is 9.15 Å². The number of methoxy groups -OCH3 is 1. The minimum absolute atomic E-state index is 0.0655. The molecule has 0 aliphatic rings. The van der Waals surface area contributed by atoms with Gasteiger partial charge in [0.1, 0.15) is 17.3 Å². The largest absolute Gasteiger partial charge is 0.496 e. The average molecular weight is 250 g/mol. The Balaban J connectivity index is 3.22. The highest BCUT2D eigenvalue weighted by Crippen LogP contribution is 2.22. The highest BCUT2D eigenvalue weighted by molar-refractivity contribution is 5.81. The fraction of sp³-hybridized carbons (Fsp3) is 0.429. The monoisotopic (exact) mass is 250 g/mol. The molecule has 1 atom stereocenters. The molecule has 0 spiro atoms. The predicted molar refractivity (Wildman–Crippen MR) is 69.8 cm³/mol. The van der Waals surface area contributed by atoms with E-state index >= 15 is 0 Å². The van der Waals surface area contributed by atoms with Gasteiger partial charge in [0.15, 0.2) is 0 Å². The Kier molecular flexibility index (Phi) is 4.48. The number of ketones is 1. The Hall–Kier alpha value is -1.84. The van der Waals surface area contributed by atoms with E-state index in [0.717, 1.165) is 5.57 Å². The fourth-order valence-electron chi connectivity index (χ4n) is 1.51. The molecule has 98 valence electrons. The van der Waals surface area contributed by atoms with Crippen LogP contribution in [-0.4, -0.2) is 12.9 Å². The third-order valence-corrected chi connectivity index (χ3v) is 2.89. The van der Waals surface area contributed by atoms with Crippen molar-refractivity contribution in [2.45, 2.75) is 27.7 Å². The van der Waals surface area contributed by atoms with Gasteiger partial charge in [0.05, 0.1) is 12.7 Å². The van der Waals surface area contributed by atoms with Crippen molar-refractivity contribution in [2.75, 3.05) is 7.11 Å². The molecular formula is C14H18O4. The van der Waals surface area contributed by atoms with Gasteiger partial charge in [-0.15, -0.1) is 0 Å². The second-order valence-corrected chi connectivity index (χ2v) is 4.34. The first-order valence-corrected chi connectivity index (χ1v) is 5.74. The van der Waals surface area contributed by atoms with Crippen LogP contribution in [0.2, 0.25) is 0 Å². The van der Waals surface area contributed by atoms with E-state index in [9.17, 15) is 9.59 Å². The molecule has 0 N–H and O–H groups in total. The molecule has 4 nitrogen and oxygen atoms in total. The minimum Gasteiger partial charge on any atom is -0.496 e. The molecule has 0 amide bonds. The van der Waals surface area contributed by atoms with E-state index in [4.69, 9.17) is 9.15 Å². The van der Waals surface area contributed by atoms with E-state index in [1.807, 2.05) is 0 Å². The third-order valence-electron chi connectivity index (χ3n) is 2.89. The number of rotatable bonds is 4. The van der Waals surface area contributed by atoms with E-state index in [-0.39, 0.29) is 11.7 Å². The number of hydrogen-bond acceptors (Lipinski definition) is 4. The molecule has 1 aromatic rings. The maximum atomic E-state index is 11.6. The van der Waals surface area contributed by atoms with Crippen LogP contribution in [0, 0.1) is 12.8 Å². The number of carbonyl (C=O) groups is 1. The highest BCUT2D eigenvalue weighted by Gasteiger charge is 2.11. The molecule has 0 fully saturated rings. The molecule has 0 aliphatic heterocycles. The highest BCUT2D eigenvalue weighted by atomic mass is 16.5. The summed E-state index contributed by atoms with van der Waals surface area (Å²) in [7, 11) is 1.50. The smallest absolute Gasteiger partial charge is 0.342 e. The summed E-state index contributed by atoms with van der Waals surface area (Å²) in [6.45, 7) is 6.77. The zero-order chi connectivity index (χ0) is 13.9. The van der Waals surface area contributed by atoms with Crippen LogP contribution in [0.1, 0.15) is 32.1 Å². The number of ether oxygens (including phenoxy) is 1. The quantitative estimate of drug-likeness (QED) is 0.824. The van der Waals surface area contributed by atoms with Crippen LogP contribution in [0.25, 0.3) is 5.57 Å². The summed E-state index contributed by atoms with van der Waals surface area (Å²) in [5, 5.41) is 0. The Labute approximate surface area is 106 Å². The molecule has 0 aliphatic carbocycles. The lowest BCUT2D eigenvalue weighted by Crippen LogP contribution is -2.08. The molecular weight excluding hydrogens is 232 g/mol. The summed E-state index contributed by atoms with van der Waals surface area (Å²) in [6.07, 6.45) is 1.77. The van der Waals surface area contributed by atoms with Crippen LogP contribution in [0.4, 0.5) is 0 Å². The molecule has 18 heavy (non-hydrogen) atoms. The first-order chi connectivity index (χ1) is 8.36. The number of Topliss-reactive ketones (excluding diaryl/α,β-unsaturated/α-hetero) is 1. The van der Waals surface area contributed by atoms with Crippen LogP contribution < -0.4 is 10.4 Å². The van der Waals surface area contributed by atoms with Gasteiger partial charge in [-0.25, -0.2) is 4.79 Å². The van der Waals surface area contributed by atoms with Gasteiger partial charge in [-0.3, -0.25) is 4.79 Å². The summed E-state index contributed by atoms with van der Waals surface area (Å²) in [5.74, 6) is 0.776. The van der Waals surface area contributed by atoms with E-state index < -0.39 is 5.63 Å². The Bertz CT molecular complexity index is 537. The summed E-state index contributed by atoms with van der Waals surface area (Å²) in [5.41, 5.74) is 0.759. The zero-order valence-electron chi connectivity index (χ0n) is 11.4. The van der Waals surface area contributed by atoms with Crippen LogP contribution in [0.5, 0.6) is 5.75 Å². The van der Waals surface area contributed by atoms with Crippen molar-refractivity contribution in [1.82, 2.24) is 0 Å². The maximum absolute atomic E-state index is 11.6. The van der Waals surface area contributed by atoms with Gasteiger partial charge in [0.2, 0.25) is 0 Å². The van der Waals surface area contributed by atoms with Gasteiger partial charge in [-0.1, -0.05) is 13.0 Å². The lowest BCUT2D eigenvalue weighted by molar-refractivity contribution is -0.118. The Morgan fingerprint density at radius 1 is 1.44 bits per heavy atom. The first kappa shape index (κ1) is 14.2. The molecule has 4 heteroatoms. The second kappa shape index (κ2) is 5.67. The van der Waals surface area contributed by atoms with E-state index in [2.05, 4.69) is 0 Å². The van der Waals surface area contributed by atoms with Crippen molar-refractivity contribution in [2.24, 2.45) is 5.92 Å². The van der Waals surface area contributed by atoms with Crippen LogP contribution in [0.3, 0.4) is 0 Å². The van der Waals surface area contributed by atoms with Gasteiger partial charge in [-0.2, -0.15) is 0 Å². The topological polar surface area (TPSA) is 56.5 Å². The van der Waals surface area contributed by atoms with Crippen molar-refractivity contribution in [3.63, 3.8) is 0 Å². The van der Waals surface area contributed by atoms with Crippen molar-refractivity contribution < 1.29 is 13.9 Å². The molecule has 0 saturated heterocycles. The molecule has 0 radical (unpaired) electrons. The number of hydrogen-bond donors (Lipinski definition) is 0. The molecule has 0 saturated carbocycles. The summed E-state index contributed by atoms with van der Waals surface area (Å²) in [6, 6.07) is 1.66. The van der Waals surface area contributed by atoms with E-state index in [1.165, 1.54) is 14.0 Å². The standard InChI is InChI=1S/C14H18O4/c1-8(11(4)15)6-9(2)12-7-13(17-5)10(3)14(16)18-12/h6-8H,1-5H3/t8-/m1/s1. The lowest BCUT2D eigenvalue weighted by atomic mass is 10.0. The number of carbonyl (C=O) groups excluding carboxylic acids is 1. The Morgan fingerprint density at radius 2 is 2.06 bits per heavy atom. The molecule has 1 aromatic heterocycles. The molecule has 0 aromatic carbocycles. The minimum atomic E-state index is -0.424. The fourth-order valence-corrected chi connectivity index (χ4v) is 1.51. The normalized spacial score (nSPS) is 13.3. The summed E-state index contributed by atoms with van der Waals surface area (Å²) in [4.78, 5) is 22.8. The van der Waals surface area contributed by atoms with Crippen molar-refractivity contribution in [1.29, 1.82) is 0 Å². The lowest BCUT2D eigenvalue weighted by Gasteiger charge is -2.07. The van der Waals surface area contributed by atoms with Gasteiger partial charge in [-0.05, 0) is 26.3 Å². The van der Waals surface area contributed by atoms with Crippen molar-refractivity contribution >= 4 is 11.4 Å². The number of allylic oxidation sites excluding steroid dienone is 2. The second-order valence-electron chi connectivity index (χ2n) is 4.34. The van der Waals surface area contributed by atoms with Crippen molar-refractivity contribution in [3.8, 4) is 5.75 Å². The molecule has 0 bridgehead atoms. The Morgan fingerprint density at radius 3 is 2.56 bits per heavy atom. The zero-order valence-corrected chi connectivity index (χ0v) is 11.4. The van der Waals surface area contributed by atoms with E-state index in [1.54, 1.807) is 32.9 Å². The summed E-state index contributed by atoms with van der Waals surface area (Å²) < 4.78 is 10.3. The maximum Gasteiger partial charge on any atom is 0.342 e. The van der Waals surface area contributed by atoms with Gasteiger partial charge >= 0.3 is 5.63 Å². The van der Waals surface area contributed by atoms with Crippen LogP contribution in [0.15, 0.2) is 21.4 Å². The van der Waals surface area contributed by atoms with Gasteiger partial charge in [0, 0.05) is 12.0 Å². The average Bonchev–Trinajstić information content (AvgIpc) is 2.32. The van der Waals surface area contributed by atoms with Crippen molar-refractivity contribution in [3.05, 3.63) is 33.9 Å². The predicted octanol–water partition coefficient (Wildman–Crippen LogP) is 2.59. The van der Waals surface area contributed by atoms with E-state index in [0.29, 0.717) is 17.1 Å². The third kappa shape index (κ3) is 3.09. The summed E-state index contributed by atoms with van der Waals surface area (Å²) >= 11 is 0. The van der Waals surface area contributed by atoms with Gasteiger partial charge in [0.25, 0.3) is 0 Å². The van der Waals surface area contributed by atoms with Crippen LogP contribution >= 0.6 is 0 Å². The molecule has 0 unspecified atom stereocenters. The molecule has 1 heterocycles. The molecule has 1 rings (SSSR count). The SMILES string of the molecule is COc1cc(C(C)=C[C@@H](C)C(C)=O)oc(=O)c1C.